The first kappa shape index (κ1) is 18.9. The predicted molar refractivity (Wildman–Crippen MR) is 105 cm³/mol. The van der Waals surface area contributed by atoms with Crippen LogP contribution >= 0.6 is 11.6 Å². The number of aryl methyl sites for hydroxylation is 2. The molecule has 0 fully saturated rings. The topological polar surface area (TPSA) is 81.5 Å². The first-order valence-corrected chi connectivity index (χ1v) is 9.23. The van der Waals surface area contributed by atoms with Crippen LogP contribution in [-0.2, 0) is 11.4 Å². The average molecular weight is 410 g/mol. The van der Waals surface area contributed by atoms with E-state index in [0.29, 0.717) is 17.3 Å². The Morgan fingerprint density at radius 3 is 2.17 bits per heavy atom. The molecule has 2 heterocycles. The van der Waals surface area contributed by atoms with Crippen LogP contribution in [0.3, 0.4) is 0 Å². The molecule has 1 aliphatic rings. The summed E-state index contributed by atoms with van der Waals surface area (Å²) in [4.78, 5) is 42.6. The number of imide groups is 1. The molecule has 3 aromatic rings. The van der Waals surface area contributed by atoms with Crippen LogP contribution in [-0.4, -0.2) is 32.6 Å². The molecule has 0 aliphatic carbocycles. The summed E-state index contributed by atoms with van der Waals surface area (Å²) >= 11 is 6.36. The van der Waals surface area contributed by atoms with Crippen molar-refractivity contribution in [1.29, 1.82) is 0 Å². The first-order valence-electron chi connectivity index (χ1n) is 8.85. The highest BCUT2D eigenvalue weighted by atomic mass is 35.5. The third-order valence-electron chi connectivity index (χ3n) is 4.65. The number of hydrogen-bond donors (Lipinski definition) is 0. The zero-order valence-electron chi connectivity index (χ0n) is 15.7. The fourth-order valence-corrected chi connectivity index (χ4v) is 3.45. The lowest BCUT2D eigenvalue weighted by Gasteiger charge is -2.12. The number of halogens is 1. The maximum Gasteiger partial charge on any atom is 0.368 e. The van der Waals surface area contributed by atoms with Crippen molar-refractivity contribution in [2.45, 2.75) is 20.4 Å². The second-order valence-electron chi connectivity index (χ2n) is 6.72. The molecule has 1 aliphatic heterocycles. The smallest absolute Gasteiger partial charge is 0.324 e. The Hall–Kier alpha value is -3.45. The lowest BCUT2D eigenvalue weighted by molar-refractivity contribution is -0.0585. The zero-order chi connectivity index (χ0) is 20.7. The van der Waals surface area contributed by atoms with E-state index in [2.05, 4.69) is 5.10 Å². The van der Waals surface area contributed by atoms with Crippen LogP contribution in [0.5, 0.6) is 0 Å². The van der Waals surface area contributed by atoms with E-state index in [1.54, 1.807) is 19.1 Å². The molecule has 0 radical (unpaired) electrons. The van der Waals surface area contributed by atoms with Gasteiger partial charge in [0.2, 0.25) is 0 Å². The number of benzene rings is 2. The molecule has 2 aromatic carbocycles. The van der Waals surface area contributed by atoms with Gasteiger partial charge in [-0.2, -0.15) is 5.10 Å². The number of rotatable bonds is 4. The highest BCUT2D eigenvalue weighted by molar-refractivity contribution is 6.33. The summed E-state index contributed by atoms with van der Waals surface area (Å²) in [5.41, 5.74) is 2.80. The van der Waals surface area contributed by atoms with Gasteiger partial charge in [-0.3, -0.25) is 9.59 Å². The molecule has 8 heteroatoms. The summed E-state index contributed by atoms with van der Waals surface area (Å²) in [7, 11) is 0. The van der Waals surface area contributed by atoms with Crippen molar-refractivity contribution in [3.05, 3.63) is 87.2 Å². The zero-order valence-corrected chi connectivity index (χ0v) is 16.4. The Labute approximate surface area is 171 Å². The van der Waals surface area contributed by atoms with Crippen molar-refractivity contribution >= 4 is 29.4 Å². The molecule has 1 aromatic heterocycles. The van der Waals surface area contributed by atoms with E-state index in [1.165, 1.54) is 16.8 Å². The third kappa shape index (κ3) is 3.30. The normalized spacial score (nSPS) is 13.0. The molecule has 0 unspecified atom stereocenters. The van der Waals surface area contributed by atoms with Gasteiger partial charge in [-0.05, 0) is 31.5 Å². The SMILES string of the molecule is Cc1ccc(Cn2nc(C)c(C(=O)ON3C(=O)c4ccccc4C3=O)c2Cl)cc1. The Balaban J connectivity index is 1.57. The molecule has 0 saturated heterocycles. The second kappa shape index (κ2) is 7.18. The molecule has 0 N–H and O–H groups in total. The summed E-state index contributed by atoms with van der Waals surface area (Å²) in [5, 5.41) is 4.83. The monoisotopic (exact) mass is 409 g/mol. The van der Waals surface area contributed by atoms with E-state index in [1.807, 2.05) is 31.2 Å². The average Bonchev–Trinajstić information content (AvgIpc) is 3.11. The number of hydrogen-bond acceptors (Lipinski definition) is 5. The van der Waals surface area contributed by atoms with Crippen LogP contribution in [0.4, 0.5) is 0 Å². The Bertz CT molecular complexity index is 1120. The van der Waals surface area contributed by atoms with Crippen LogP contribution in [0.25, 0.3) is 0 Å². The number of fused-ring (bicyclic) bond motifs is 1. The van der Waals surface area contributed by atoms with E-state index in [4.69, 9.17) is 16.4 Å². The Kier molecular flexibility index (Phi) is 4.68. The van der Waals surface area contributed by atoms with Crippen molar-refractivity contribution < 1.29 is 19.2 Å². The van der Waals surface area contributed by atoms with Gasteiger partial charge in [0.05, 0.1) is 23.4 Å². The van der Waals surface area contributed by atoms with Crippen LogP contribution in [0.1, 0.15) is 47.9 Å². The van der Waals surface area contributed by atoms with E-state index < -0.39 is 17.8 Å². The van der Waals surface area contributed by atoms with Crippen LogP contribution in [0.2, 0.25) is 5.15 Å². The molecule has 0 saturated carbocycles. The standard InChI is InChI=1S/C21H16ClN3O4/c1-12-7-9-14(10-8-12)11-24-18(22)17(13(2)23-24)21(28)29-25-19(26)15-5-3-4-6-16(15)20(25)27/h3-10H,11H2,1-2H3. The molecule has 29 heavy (non-hydrogen) atoms. The van der Waals surface area contributed by atoms with Crippen LogP contribution in [0, 0.1) is 13.8 Å². The quantitative estimate of drug-likeness (QED) is 0.615. The molecular weight excluding hydrogens is 394 g/mol. The summed E-state index contributed by atoms with van der Waals surface area (Å²) < 4.78 is 1.47. The number of carbonyl (C=O) groups is 3. The summed E-state index contributed by atoms with van der Waals surface area (Å²) in [5.74, 6) is -2.31. The molecule has 4 rings (SSSR count). The minimum atomic E-state index is -0.919. The van der Waals surface area contributed by atoms with Crippen molar-refractivity contribution in [2.24, 2.45) is 0 Å². The highest BCUT2D eigenvalue weighted by Gasteiger charge is 2.39. The number of nitrogens with zero attached hydrogens (tertiary/aromatic N) is 3. The lowest BCUT2D eigenvalue weighted by Crippen LogP contribution is -2.32. The summed E-state index contributed by atoms with van der Waals surface area (Å²) in [6.07, 6.45) is 0. The van der Waals surface area contributed by atoms with Crippen LogP contribution in [0.15, 0.2) is 48.5 Å². The largest absolute Gasteiger partial charge is 0.368 e. The highest BCUT2D eigenvalue weighted by Crippen LogP contribution is 2.26. The Morgan fingerprint density at radius 2 is 1.59 bits per heavy atom. The van der Waals surface area contributed by atoms with Gasteiger partial charge < -0.3 is 4.84 Å². The second-order valence-corrected chi connectivity index (χ2v) is 7.08. The number of carbonyl (C=O) groups excluding carboxylic acids is 3. The molecule has 0 spiro atoms. The van der Waals surface area contributed by atoms with Crippen molar-refractivity contribution in [2.75, 3.05) is 0 Å². The molecule has 146 valence electrons. The predicted octanol–water partition coefficient (Wildman–Crippen LogP) is 3.57. The summed E-state index contributed by atoms with van der Waals surface area (Å²) in [6.45, 7) is 3.96. The lowest BCUT2D eigenvalue weighted by atomic mass is 10.1. The van der Waals surface area contributed by atoms with Gasteiger partial charge in [0.15, 0.2) is 0 Å². The minimum Gasteiger partial charge on any atom is -0.324 e. The molecule has 0 bridgehead atoms. The van der Waals surface area contributed by atoms with Gasteiger partial charge in [-0.15, -0.1) is 0 Å². The molecule has 0 atom stereocenters. The third-order valence-corrected chi connectivity index (χ3v) is 5.04. The number of hydroxylamine groups is 2. The first-order chi connectivity index (χ1) is 13.9. The summed E-state index contributed by atoms with van der Waals surface area (Å²) in [6, 6.07) is 14.1. The fraction of sp³-hybridized carbons (Fsp3) is 0.143. The van der Waals surface area contributed by atoms with Gasteiger partial charge in [-0.25, -0.2) is 9.48 Å². The number of aromatic nitrogens is 2. The molecule has 2 amide bonds. The maximum absolute atomic E-state index is 12.7. The van der Waals surface area contributed by atoms with Gasteiger partial charge >= 0.3 is 5.97 Å². The van der Waals surface area contributed by atoms with E-state index in [0.717, 1.165) is 11.1 Å². The van der Waals surface area contributed by atoms with Gasteiger partial charge in [0.25, 0.3) is 11.8 Å². The molecular formula is C21H16ClN3O4. The van der Waals surface area contributed by atoms with Crippen molar-refractivity contribution in [3.8, 4) is 0 Å². The maximum atomic E-state index is 12.7. The number of amides is 2. The molecule has 7 nitrogen and oxygen atoms in total. The van der Waals surface area contributed by atoms with Gasteiger partial charge in [0, 0.05) is 0 Å². The van der Waals surface area contributed by atoms with E-state index >= 15 is 0 Å². The van der Waals surface area contributed by atoms with E-state index in [-0.39, 0.29) is 21.8 Å². The Morgan fingerprint density at radius 1 is 1.00 bits per heavy atom. The fourth-order valence-electron chi connectivity index (χ4n) is 3.14. The van der Waals surface area contributed by atoms with Crippen molar-refractivity contribution in [3.63, 3.8) is 0 Å². The van der Waals surface area contributed by atoms with Crippen LogP contribution < -0.4 is 0 Å². The minimum absolute atomic E-state index is 0.00957. The van der Waals surface area contributed by atoms with E-state index in [9.17, 15) is 14.4 Å². The van der Waals surface area contributed by atoms with Gasteiger partial charge in [0.1, 0.15) is 10.7 Å². The van der Waals surface area contributed by atoms with Crippen molar-refractivity contribution in [1.82, 2.24) is 14.8 Å². The van der Waals surface area contributed by atoms with Gasteiger partial charge in [-0.1, -0.05) is 58.6 Å².